The van der Waals surface area contributed by atoms with E-state index in [1.807, 2.05) is 6.92 Å². The first-order chi connectivity index (χ1) is 9.73. The van der Waals surface area contributed by atoms with Crippen molar-refractivity contribution < 1.29 is 13.2 Å². The molecule has 0 bridgehead atoms. The van der Waals surface area contributed by atoms with E-state index in [0.29, 0.717) is 21.8 Å². The van der Waals surface area contributed by atoms with Crippen LogP contribution in [-0.2, 0) is 14.8 Å². The zero-order valence-corrected chi connectivity index (χ0v) is 15.4. The average Bonchev–Trinajstić information content (AvgIpc) is 2.41. The molecule has 1 aliphatic rings. The SMILES string of the molecule is C[C@@H]1CC[C@H](C(N)=O)CN1S(=O)(=O)c1cc(Br)ccc1Br. The number of hydrogen-bond acceptors (Lipinski definition) is 3. The van der Waals surface area contributed by atoms with Crippen LogP contribution in [0.2, 0.25) is 0 Å². The predicted octanol–water partition coefficient (Wildman–Crippen LogP) is 2.49. The van der Waals surface area contributed by atoms with Gasteiger partial charge in [0.1, 0.15) is 0 Å². The van der Waals surface area contributed by atoms with E-state index in [4.69, 9.17) is 5.73 Å². The zero-order valence-electron chi connectivity index (χ0n) is 11.4. The first kappa shape index (κ1) is 16.9. The summed E-state index contributed by atoms with van der Waals surface area (Å²) in [6, 6.07) is 4.84. The molecule has 1 aromatic rings. The minimum absolute atomic E-state index is 0.137. The topological polar surface area (TPSA) is 80.5 Å². The third-order valence-corrected chi connectivity index (χ3v) is 7.17. The molecule has 0 radical (unpaired) electrons. The Labute approximate surface area is 141 Å². The number of primary amides is 1. The normalized spacial score (nSPS) is 24.0. The van der Waals surface area contributed by atoms with Crippen molar-refractivity contribution in [1.82, 2.24) is 4.31 Å². The number of rotatable bonds is 3. The number of carbonyl (C=O) groups excluding carboxylic acids is 1. The molecule has 0 aromatic heterocycles. The molecule has 1 aliphatic heterocycles. The summed E-state index contributed by atoms with van der Waals surface area (Å²) in [5.41, 5.74) is 5.33. The van der Waals surface area contributed by atoms with Crippen LogP contribution in [0, 0.1) is 5.92 Å². The van der Waals surface area contributed by atoms with E-state index in [2.05, 4.69) is 31.9 Å². The van der Waals surface area contributed by atoms with Gasteiger partial charge in [0.25, 0.3) is 0 Å². The fourth-order valence-corrected chi connectivity index (χ4v) is 5.61. The van der Waals surface area contributed by atoms with Gasteiger partial charge in [0.2, 0.25) is 15.9 Å². The molecule has 1 heterocycles. The van der Waals surface area contributed by atoms with E-state index in [1.54, 1.807) is 18.2 Å². The second-order valence-electron chi connectivity index (χ2n) is 5.18. The summed E-state index contributed by atoms with van der Waals surface area (Å²) < 4.78 is 28.3. The molecule has 5 nitrogen and oxygen atoms in total. The fraction of sp³-hybridized carbons (Fsp3) is 0.462. The number of nitrogens with two attached hydrogens (primary N) is 1. The molecular formula is C13H16Br2N2O3S. The number of nitrogens with zero attached hydrogens (tertiary/aromatic N) is 1. The molecular weight excluding hydrogens is 424 g/mol. The molecule has 0 saturated carbocycles. The molecule has 1 amide bonds. The Kier molecular flexibility index (Phi) is 5.12. The Bertz CT molecular complexity index is 663. The van der Waals surface area contributed by atoms with Crippen molar-refractivity contribution in [1.29, 1.82) is 0 Å². The molecule has 1 fully saturated rings. The van der Waals surface area contributed by atoms with E-state index in [0.717, 1.165) is 0 Å². The highest BCUT2D eigenvalue weighted by atomic mass is 79.9. The van der Waals surface area contributed by atoms with Gasteiger partial charge in [0, 0.05) is 21.5 Å². The Morgan fingerprint density at radius 1 is 1.33 bits per heavy atom. The van der Waals surface area contributed by atoms with Gasteiger partial charge in [0.05, 0.1) is 10.8 Å². The maximum atomic E-state index is 12.9. The fourth-order valence-electron chi connectivity index (χ4n) is 2.44. The van der Waals surface area contributed by atoms with E-state index in [-0.39, 0.29) is 17.5 Å². The van der Waals surface area contributed by atoms with Crippen molar-refractivity contribution in [2.24, 2.45) is 11.7 Å². The number of benzene rings is 1. The van der Waals surface area contributed by atoms with E-state index in [9.17, 15) is 13.2 Å². The number of piperidine rings is 1. The predicted molar refractivity (Wildman–Crippen MR) is 87.1 cm³/mol. The molecule has 1 saturated heterocycles. The second-order valence-corrected chi connectivity index (χ2v) is 8.80. The monoisotopic (exact) mass is 438 g/mol. The molecule has 21 heavy (non-hydrogen) atoms. The van der Waals surface area contributed by atoms with Gasteiger partial charge in [-0.05, 0) is 53.9 Å². The van der Waals surface area contributed by atoms with Gasteiger partial charge in [-0.2, -0.15) is 4.31 Å². The maximum absolute atomic E-state index is 12.9. The molecule has 0 spiro atoms. The standard InChI is InChI=1S/C13H16Br2N2O3S/c1-8-2-3-9(13(16)18)7-17(8)21(19,20)12-6-10(14)4-5-11(12)15/h4-6,8-9H,2-3,7H2,1H3,(H2,16,18)/t8-,9+/m1/s1. The molecule has 116 valence electrons. The summed E-state index contributed by atoms with van der Waals surface area (Å²) >= 11 is 6.56. The Hall–Kier alpha value is -0.440. The number of halogens is 2. The van der Waals surface area contributed by atoms with Crippen molar-refractivity contribution in [3.63, 3.8) is 0 Å². The number of sulfonamides is 1. The van der Waals surface area contributed by atoms with Crippen molar-refractivity contribution in [2.45, 2.75) is 30.7 Å². The first-order valence-electron chi connectivity index (χ1n) is 6.49. The largest absolute Gasteiger partial charge is 0.369 e. The van der Waals surface area contributed by atoms with Crippen LogP contribution in [0.25, 0.3) is 0 Å². The van der Waals surface area contributed by atoms with Crippen LogP contribution in [0.4, 0.5) is 0 Å². The van der Waals surface area contributed by atoms with Crippen molar-refractivity contribution >= 4 is 47.8 Å². The molecule has 0 aliphatic carbocycles. The highest BCUT2D eigenvalue weighted by Crippen LogP contribution is 2.32. The van der Waals surface area contributed by atoms with E-state index in [1.165, 1.54) is 4.31 Å². The van der Waals surface area contributed by atoms with Gasteiger partial charge < -0.3 is 5.73 Å². The van der Waals surface area contributed by atoms with Crippen molar-refractivity contribution in [3.8, 4) is 0 Å². The lowest BCUT2D eigenvalue weighted by Gasteiger charge is -2.36. The molecule has 0 unspecified atom stereocenters. The zero-order chi connectivity index (χ0) is 15.8. The van der Waals surface area contributed by atoms with Gasteiger partial charge >= 0.3 is 0 Å². The third-order valence-electron chi connectivity index (χ3n) is 3.71. The lowest BCUT2D eigenvalue weighted by Crippen LogP contribution is -2.48. The molecule has 2 rings (SSSR count). The summed E-state index contributed by atoms with van der Waals surface area (Å²) in [6.45, 7) is 1.98. The van der Waals surface area contributed by atoms with Crippen molar-refractivity contribution in [2.75, 3.05) is 6.54 Å². The number of amides is 1. The van der Waals surface area contributed by atoms with Crippen LogP contribution in [0.1, 0.15) is 19.8 Å². The Morgan fingerprint density at radius 2 is 2.00 bits per heavy atom. The van der Waals surface area contributed by atoms with E-state index >= 15 is 0 Å². The minimum atomic E-state index is -3.68. The van der Waals surface area contributed by atoms with Crippen LogP contribution in [-0.4, -0.2) is 31.2 Å². The van der Waals surface area contributed by atoms with Gasteiger partial charge in [0.15, 0.2) is 0 Å². The maximum Gasteiger partial charge on any atom is 0.244 e. The average molecular weight is 440 g/mol. The third kappa shape index (κ3) is 3.49. The lowest BCUT2D eigenvalue weighted by atomic mass is 9.95. The van der Waals surface area contributed by atoms with Gasteiger partial charge in [-0.25, -0.2) is 8.42 Å². The summed E-state index contributed by atoms with van der Waals surface area (Å²) in [6.07, 6.45) is 1.25. The van der Waals surface area contributed by atoms with Gasteiger partial charge in [-0.1, -0.05) is 15.9 Å². The molecule has 1 aromatic carbocycles. The summed E-state index contributed by atoms with van der Waals surface area (Å²) in [7, 11) is -3.68. The summed E-state index contributed by atoms with van der Waals surface area (Å²) in [5.74, 6) is -0.877. The van der Waals surface area contributed by atoms with Gasteiger partial charge in [-0.3, -0.25) is 4.79 Å². The Morgan fingerprint density at radius 3 is 2.62 bits per heavy atom. The van der Waals surface area contributed by atoms with Crippen LogP contribution >= 0.6 is 31.9 Å². The van der Waals surface area contributed by atoms with Crippen LogP contribution in [0.3, 0.4) is 0 Å². The van der Waals surface area contributed by atoms with Crippen LogP contribution < -0.4 is 5.73 Å². The van der Waals surface area contributed by atoms with Gasteiger partial charge in [-0.15, -0.1) is 0 Å². The first-order valence-corrected chi connectivity index (χ1v) is 9.52. The summed E-state index contributed by atoms with van der Waals surface area (Å²) in [5, 5.41) is 0. The van der Waals surface area contributed by atoms with Crippen LogP contribution in [0.15, 0.2) is 32.0 Å². The molecule has 8 heteroatoms. The summed E-state index contributed by atoms with van der Waals surface area (Å²) in [4.78, 5) is 11.6. The quantitative estimate of drug-likeness (QED) is 0.785. The van der Waals surface area contributed by atoms with Crippen LogP contribution in [0.5, 0.6) is 0 Å². The smallest absolute Gasteiger partial charge is 0.244 e. The molecule has 2 N–H and O–H groups in total. The van der Waals surface area contributed by atoms with E-state index < -0.39 is 21.8 Å². The highest BCUT2D eigenvalue weighted by Gasteiger charge is 2.37. The highest BCUT2D eigenvalue weighted by molar-refractivity contribution is 9.11. The number of carbonyl (C=O) groups is 1. The number of hydrogen-bond donors (Lipinski definition) is 1. The lowest BCUT2D eigenvalue weighted by molar-refractivity contribution is -0.123. The minimum Gasteiger partial charge on any atom is -0.369 e. The van der Waals surface area contributed by atoms with Crippen molar-refractivity contribution in [3.05, 3.63) is 27.1 Å². The second kappa shape index (κ2) is 6.36. The molecule has 2 atom stereocenters. The Balaban J connectivity index is 2.42.